The number of anilines is 1. The molecule has 0 fully saturated rings. The molecular weight excluding hydrogens is 232 g/mol. The van der Waals surface area contributed by atoms with Crippen molar-refractivity contribution in [2.45, 2.75) is 13.5 Å². The van der Waals surface area contributed by atoms with E-state index < -0.39 is 0 Å². The number of amides is 1. The molecule has 0 saturated carbocycles. The number of carbonyl (C=O) groups is 1. The highest BCUT2D eigenvalue weighted by atomic mass is 32.1. The quantitative estimate of drug-likeness (QED) is 0.818. The van der Waals surface area contributed by atoms with Gasteiger partial charge in [0.1, 0.15) is 0 Å². The summed E-state index contributed by atoms with van der Waals surface area (Å²) in [4.78, 5) is 12.5. The second-order valence-corrected chi connectivity index (χ2v) is 4.74. The zero-order chi connectivity index (χ0) is 12.3. The van der Waals surface area contributed by atoms with E-state index in [0.29, 0.717) is 6.54 Å². The Morgan fingerprint density at radius 3 is 2.88 bits per heavy atom. The lowest BCUT2D eigenvalue weighted by Gasteiger charge is -2.09. The van der Waals surface area contributed by atoms with Crippen molar-refractivity contribution >= 4 is 22.9 Å². The minimum atomic E-state index is -0.0400. The van der Waals surface area contributed by atoms with Crippen LogP contribution in [0.2, 0.25) is 0 Å². The Morgan fingerprint density at radius 1 is 1.35 bits per heavy atom. The number of carbonyl (C=O) groups excluding carboxylic acids is 1. The van der Waals surface area contributed by atoms with E-state index in [9.17, 15) is 4.79 Å². The monoisotopic (exact) mass is 246 g/mol. The van der Waals surface area contributed by atoms with Crippen molar-refractivity contribution in [1.29, 1.82) is 0 Å². The fraction of sp³-hybridized carbons (Fsp3) is 0.154. The zero-order valence-electron chi connectivity index (χ0n) is 9.57. The molecule has 0 spiro atoms. The molecular formula is C13H14N2OS. The normalized spacial score (nSPS) is 10.2. The van der Waals surface area contributed by atoms with Crippen LogP contribution in [0.4, 0.5) is 5.69 Å². The molecule has 2 rings (SSSR count). The standard InChI is InChI=1S/C13H14N2OS/c1-9-10(4-2-5-11(9)14)8-15-13(16)12-6-3-7-17-12/h2-7H,8,14H2,1H3,(H,15,16). The molecule has 0 bridgehead atoms. The first-order chi connectivity index (χ1) is 8.18. The van der Waals surface area contributed by atoms with Crippen LogP contribution < -0.4 is 11.1 Å². The van der Waals surface area contributed by atoms with Gasteiger partial charge in [-0.15, -0.1) is 11.3 Å². The molecule has 0 aliphatic rings. The summed E-state index contributed by atoms with van der Waals surface area (Å²) in [7, 11) is 0. The molecule has 0 unspecified atom stereocenters. The van der Waals surface area contributed by atoms with Crippen molar-refractivity contribution in [3.8, 4) is 0 Å². The van der Waals surface area contributed by atoms with E-state index in [1.807, 2.05) is 42.6 Å². The molecule has 0 radical (unpaired) electrons. The zero-order valence-corrected chi connectivity index (χ0v) is 10.4. The minimum Gasteiger partial charge on any atom is -0.399 e. The first kappa shape index (κ1) is 11.7. The molecule has 17 heavy (non-hydrogen) atoms. The molecule has 1 aromatic heterocycles. The average molecular weight is 246 g/mol. The highest BCUT2D eigenvalue weighted by Gasteiger charge is 2.07. The van der Waals surface area contributed by atoms with Crippen molar-refractivity contribution in [2.24, 2.45) is 0 Å². The molecule has 0 aliphatic heterocycles. The summed E-state index contributed by atoms with van der Waals surface area (Å²) < 4.78 is 0. The third-order valence-electron chi connectivity index (χ3n) is 2.67. The lowest BCUT2D eigenvalue weighted by atomic mass is 10.1. The molecule has 1 aromatic carbocycles. The van der Waals surface area contributed by atoms with Gasteiger partial charge in [0, 0.05) is 12.2 Å². The van der Waals surface area contributed by atoms with Crippen molar-refractivity contribution in [1.82, 2.24) is 5.32 Å². The largest absolute Gasteiger partial charge is 0.399 e. The molecule has 4 heteroatoms. The highest BCUT2D eigenvalue weighted by Crippen LogP contribution is 2.15. The minimum absolute atomic E-state index is 0.0400. The Balaban J connectivity index is 2.03. The van der Waals surface area contributed by atoms with Crippen LogP contribution in [0.15, 0.2) is 35.7 Å². The number of benzene rings is 1. The molecule has 3 nitrogen and oxygen atoms in total. The maximum Gasteiger partial charge on any atom is 0.261 e. The summed E-state index contributed by atoms with van der Waals surface area (Å²) in [5.41, 5.74) is 8.65. The molecule has 0 atom stereocenters. The molecule has 3 N–H and O–H groups in total. The van der Waals surface area contributed by atoms with E-state index in [2.05, 4.69) is 5.32 Å². The van der Waals surface area contributed by atoms with Gasteiger partial charge in [0.25, 0.3) is 5.91 Å². The van der Waals surface area contributed by atoms with E-state index in [4.69, 9.17) is 5.73 Å². The third kappa shape index (κ3) is 2.65. The van der Waals surface area contributed by atoms with Gasteiger partial charge < -0.3 is 11.1 Å². The van der Waals surface area contributed by atoms with Crippen molar-refractivity contribution in [3.05, 3.63) is 51.7 Å². The third-order valence-corrected chi connectivity index (χ3v) is 3.54. The summed E-state index contributed by atoms with van der Waals surface area (Å²) in [5.74, 6) is -0.0400. The van der Waals surface area contributed by atoms with Crippen LogP contribution >= 0.6 is 11.3 Å². The molecule has 88 valence electrons. The van der Waals surface area contributed by atoms with Gasteiger partial charge in [0.2, 0.25) is 0 Å². The van der Waals surface area contributed by atoms with E-state index in [1.165, 1.54) is 11.3 Å². The lowest BCUT2D eigenvalue weighted by molar-refractivity contribution is 0.0955. The molecule has 0 saturated heterocycles. The van der Waals surface area contributed by atoms with Gasteiger partial charge in [-0.2, -0.15) is 0 Å². The maximum atomic E-state index is 11.7. The van der Waals surface area contributed by atoms with Gasteiger partial charge >= 0.3 is 0 Å². The van der Waals surface area contributed by atoms with Crippen LogP contribution in [0.5, 0.6) is 0 Å². The summed E-state index contributed by atoms with van der Waals surface area (Å²) >= 11 is 1.44. The van der Waals surface area contributed by atoms with Crippen LogP contribution in [-0.2, 0) is 6.54 Å². The second-order valence-electron chi connectivity index (χ2n) is 3.79. The van der Waals surface area contributed by atoms with Crippen LogP contribution in [0.1, 0.15) is 20.8 Å². The first-order valence-electron chi connectivity index (χ1n) is 5.34. The number of hydrogen-bond donors (Lipinski definition) is 2. The van der Waals surface area contributed by atoms with E-state index in [-0.39, 0.29) is 5.91 Å². The SMILES string of the molecule is Cc1c(N)cccc1CNC(=O)c1cccs1. The number of hydrogen-bond acceptors (Lipinski definition) is 3. The summed E-state index contributed by atoms with van der Waals surface area (Å²) in [6, 6.07) is 9.41. The molecule has 1 heterocycles. The number of thiophene rings is 1. The molecule has 2 aromatic rings. The van der Waals surface area contributed by atoms with Gasteiger partial charge in [-0.1, -0.05) is 18.2 Å². The lowest BCUT2D eigenvalue weighted by Crippen LogP contribution is -2.22. The Hall–Kier alpha value is -1.81. The number of nitrogen functional groups attached to an aromatic ring is 1. The smallest absolute Gasteiger partial charge is 0.261 e. The Morgan fingerprint density at radius 2 is 2.18 bits per heavy atom. The van der Waals surface area contributed by atoms with Crippen LogP contribution in [0.3, 0.4) is 0 Å². The Labute approximate surface area is 104 Å². The van der Waals surface area contributed by atoms with Gasteiger partial charge in [0.05, 0.1) is 4.88 Å². The van der Waals surface area contributed by atoms with E-state index in [0.717, 1.165) is 21.7 Å². The summed E-state index contributed by atoms with van der Waals surface area (Å²) in [5, 5.41) is 4.77. The number of rotatable bonds is 3. The van der Waals surface area contributed by atoms with Gasteiger partial charge in [-0.3, -0.25) is 4.79 Å². The van der Waals surface area contributed by atoms with E-state index in [1.54, 1.807) is 0 Å². The fourth-order valence-corrected chi connectivity index (χ4v) is 2.21. The predicted molar refractivity (Wildman–Crippen MR) is 71.1 cm³/mol. The Kier molecular flexibility index (Phi) is 3.44. The predicted octanol–water partition coefficient (Wildman–Crippen LogP) is 2.57. The van der Waals surface area contributed by atoms with Crippen molar-refractivity contribution in [3.63, 3.8) is 0 Å². The second kappa shape index (κ2) is 5.01. The molecule has 0 aliphatic carbocycles. The molecule has 1 amide bonds. The van der Waals surface area contributed by atoms with Crippen molar-refractivity contribution < 1.29 is 4.79 Å². The van der Waals surface area contributed by atoms with Gasteiger partial charge in [-0.25, -0.2) is 0 Å². The number of nitrogens with two attached hydrogens (primary N) is 1. The average Bonchev–Trinajstić information content (AvgIpc) is 2.84. The summed E-state index contributed by atoms with van der Waals surface area (Å²) in [6.45, 7) is 2.47. The van der Waals surface area contributed by atoms with Crippen molar-refractivity contribution in [2.75, 3.05) is 5.73 Å². The van der Waals surface area contributed by atoms with Gasteiger partial charge in [-0.05, 0) is 35.6 Å². The number of nitrogens with one attached hydrogen (secondary N) is 1. The van der Waals surface area contributed by atoms with E-state index >= 15 is 0 Å². The van der Waals surface area contributed by atoms with Crippen LogP contribution in [0, 0.1) is 6.92 Å². The van der Waals surface area contributed by atoms with Gasteiger partial charge in [0.15, 0.2) is 0 Å². The van der Waals surface area contributed by atoms with Crippen LogP contribution in [-0.4, -0.2) is 5.91 Å². The summed E-state index contributed by atoms with van der Waals surface area (Å²) in [6.07, 6.45) is 0. The topological polar surface area (TPSA) is 55.1 Å². The van der Waals surface area contributed by atoms with Crippen LogP contribution in [0.25, 0.3) is 0 Å². The first-order valence-corrected chi connectivity index (χ1v) is 6.22. The fourth-order valence-electron chi connectivity index (χ4n) is 1.57. The highest BCUT2D eigenvalue weighted by molar-refractivity contribution is 7.12. The maximum absolute atomic E-state index is 11.7. The Bertz CT molecular complexity index is 520.